The molecular formula is C13H16FNO2. The summed E-state index contributed by atoms with van der Waals surface area (Å²) in [5, 5.41) is 3.23. The van der Waals surface area contributed by atoms with Gasteiger partial charge in [0.05, 0.1) is 13.0 Å². The maximum absolute atomic E-state index is 13.2. The van der Waals surface area contributed by atoms with Gasteiger partial charge in [0.2, 0.25) is 0 Å². The van der Waals surface area contributed by atoms with Gasteiger partial charge in [-0.1, -0.05) is 12.1 Å². The van der Waals surface area contributed by atoms with Crippen LogP contribution in [0.15, 0.2) is 24.3 Å². The number of hydrogen-bond donors (Lipinski definition) is 1. The van der Waals surface area contributed by atoms with Crippen molar-refractivity contribution >= 4 is 5.97 Å². The number of rotatable bonds is 2. The Hall–Kier alpha value is -1.42. The third kappa shape index (κ3) is 2.64. The molecule has 3 nitrogen and oxygen atoms in total. The lowest BCUT2D eigenvalue weighted by atomic mass is 9.81. The molecule has 0 radical (unpaired) electrons. The standard InChI is InChI=1S/C13H16FNO2/c1-17-13(16)11-5-6-15-8-12(11)9-3-2-4-10(14)7-9/h2-4,7,11-12,15H,5-6,8H2,1H3/t11-,12+/m1/s1. The lowest BCUT2D eigenvalue weighted by Crippen LogP contribution is -2.39. The van der Waals surface area contributed by atoms with Crippen molar-refractivity contribution in [3.63, 3.8) is 0 Å². The molecule has 0 aromatic heterocycles. The summed E-state index contributed by atoms with van der Waals surface area (Å²) in [5.74, 6) is -0.660. The van der Waals surface area contributed by atoms with Gasteiger partial charge in [0.25, 0.3) is 0 Å². The first kappa shape index (κ1) is 12.0. The number of nitrogens with one attached hydrogen (secondary N) is 1. The van der Waals surface area contributed by atoms with Crippen LogP contribution in [0.5, 0.6) is 0 Å². The monoisotopic (exact) mass is 237 g/mol. The highest BCUT2D eigenvalue weighted by atomic mass is 19.1. The zero-order valence-electron chi connectivity index (χ0n) is 9.78. The number of benzene rings is 1. The van der Waals surface area contributed by atoms with Crippen LogP contribution in [0.4, 0.5) is 4.39 Å². The number of carbonyl (C=O) groups is 1. The van der Waals surface area contributed by atoms with E-state index in [-0.39, 0.29) is 23.6 Å². The molecule has 17 heavy (non-hydrogen) atoms. The smallest absolute Gasteiger partial charge is 0.309 e. The van der Waals surface area contributed by atoms with Gasteiger partial charge in [-0.2, -0.15) is 0 Å². The Kier molecular flexibility index (Phi) is 3.74. The third-order valence-electron chi connectivity index (χ3n) is 3.26. The van der Waals surface area contributed by atoms with E-state index in [0.717, 1.165) is 18.5 Å². The minimum absolute atomic E-state index is 0.00750. The lowest BCUT2D eigenvalue weighted by molar-refractivity contribution is -0.147. The Morgan fingerprint density at radius 2 is 2.35 bits per heavy atom. The average Bonchev–Trinajstić information content (AvgIpc) is 2.38. The highest BCUT2D eigenvalue weighted by Gasteiger charge is 2.32. The molecule has 1 N–H and O–H groups in total. The molecule has 1 aliphatic heterocycles. The Labute approximate surface area is 100.0 Å². The van der Waals surface area contributed by atoms with Gasteiger partial charge in [0, 0.05) is 12.5 Å². The first-order chi connectivity index (χ1) is 8.22. The summed E-state index contributed by atoms with van der Waals surface area (Å²) >= 11 is 0. The van der Waals surface area contributed by atoms with Crippen LogP contribution in [0.25, 0.3) is 0 Å². The van der Waals surface area contributed by atoms with Crippen LogP contribution < -0.4 is 5.32 Å². The number of carbonyl (C=O) groups excluding carboxylic acids is 1. The van der Waals surface area contributed by atoms with E-state index < -0.39 is 0 Å². The van der Waals surface area contributed by atoms with Crippen LogP contribution in [0.3, 0.4) is 0 Å². The number of hydrogen-bond acceptors (Lipinski definition) is 3. The summed E-state index contributed by atoms with van der Waals surface area (Å²) in [6.07, 6.45) is 0.730. The number of piperidine rings is 1. The Balaban J connectivity index is 2.24. The molecule has 0 spiro atoms. The number of esters is 1. The molecule has 1 fully saturated rings. The molecule has 1 aromatic rings. The molecule has 1 aliphatic rings. The summed E-state index contributed by atoms with van der Waals surface area (Å²) in [4.78, 5) is 11.7. The maximum Gasteiger partial charge on any atom is 0.309 e. The van der Waals surface area contributed by atoms with E-state index >= 15 is 0 Å². The van der Waals surface area contributed by atoms with Gasteiger partial charge in [-0.05, 0) is 30.7 Å². The number of halogens is 1. The molecule has 0 bridgehead atoms. The van der Waals surface area contributed by atoms with Gasteiger partial charge in [-0.3, -0.25) is 4.79 Å². The Morgan fingerprint density at radius 1 is 1.53 bits per heavy atom. The highest BCUT2D eigenvalue weighted by molar-refractivity contribution is 5.73. The van der Waals surface area contributed by atoms with Gasteiger partial charge in [0.15, 0.2) is 0 Å². The minimum atomic E-state index is -0.267. The Morgan fingerprint density at radius 3 is 3.06 bits per heavy atom. The molecule has 1 saturated heterocycles. The topological polar surface area (TPSA) is 38.3 Å². The fourth-order valence-corrected chi connectivity index (χ4v) is 2.38. The van der Waals surface area contributed by atoms with Crippen molar-refractivity contribution in [1.82, 2.24) is 5.32 Å². The second kappa shape index (κ2) is 5.27. The first-order valence-electron chi connectivity index (χ1n) is 5.76. The van der Waals surface area contributed by atoms with Crippen LogP contribution in [0.1, 0.15) is 17.9 Å². The van der Waals surface area contributed by atoms with Crippen LogP contribution >= 0.6 is 0 Å². The molecule has 1 heterocycles. The van der Waals surface area contributed by atoms with E-state index in [1.807, 2.05) is 6.07 Å². The van der Waals surface area contributed by atoms with E-state index in [0.29, 0.717) is 6.54 Å². The second-order valence-electron chi connectivity index (χ2n) is 4.28. The fraction of sp³-hybridized carbons (Fsp3) is 0.462. The van der Waals surface area contributed by atoms with Gasteiger partial charge < -0.3 is 10.1 Å². The zero-order chi connectivity index (χ0) is 12.3. The third-order valence-corrected chi connectivity index (χ3v) is 3.26. The van der Waals surface area contributed by atoms with Gasteiger partial charge in [0.1, 0.15) is 5.82 Å². The fourth-order valence-electron chi connectivity index (χ4n) is 2.38. The lowest BCUT2D eigenvalue weighted by Gasteiger charge is -2.30. The van der Waals surface area contributed by atoms with Crippen LogP contribution in [0.2, 0.25) is 0 Å². The zero-order valence-corrected chi connectivity index (χ0v) is 9.78. The molecule has 0 aliphatic carbocycles. The van der Waals surface area contributed by atoms with Crippen molar-refractivity contribution < 1.29 is 13.9 Å². The summed E-state index contributed by atoms with van der Waals surface area (Å²) in [5.41, 5.74) is 0.854. The maximum atomic E-state index is 13.2. The van der Waals surface area contributed by atoms with Gasteiger partial charge in [-0.15, -0.1) is 0 Å². The normalized spacial score (nSPS) is 24.4. The number of ether oxygens (including phenoxy) is 1. The second-order valence-corrected chi connectivity index (χ2v) is 4.28. The summed E-state index contributed by atoms with van der Waals surface area (Å²) in [6, 6.07) is 6.44. The quantitative estimate of drug-likeness (QED) is 0.795. The molecule has 0 amide bonds. The van der Waals surface area contributed by atoms with Crippen molar-refractivity contribution in [3.8, 4) is 0 Å². The molecule has 0 saturated carbocycles. The van der Waals surface area contributed by atoms with Crippen LogP contribution in [0, 0.1) is 11.7 Å². The molecule has 2 atom stereocenters. The minimum Gasteiger partial charge on any atom is -0.469 e. The first-order valence-corrected chi connectivity index (χ1v) is 5.76. The summed E-state index contributed by atoms with van der Waals surface area (Å²) < 4.78 is 18.0. The highest BCUT2D eigenvalue weighted by Crippen LogP contribution is 2.30. The van der Waals surface area contributed by atoms with Crippen molar-refractivity contribution in [2.75, 3.05) is 20.2 Å². The van der Waals surface area contributed by atoms with E-state index in [1.165, 1.54) is 19.2 Å². The Bertz CT molecular complexity index is 408. The predicted molar refractivity (Wildman–Crippen MR) is 62.1 cm³/mol. The average molecular weight is 237 g/mol. The molecular weight excluding hydrogens is 221 g/mol. The van der Waals surface area contributed by atoms with Crippen molar-refractivity contribution in [2.24, 2.45) is 5.92 Å². The molecule has 4 heteroatoms. The number of methoxy groups -OCH3 is 1. The van der Waals surface area contributed by atoms with Gasteiger partial charge in [-0.25, -0.2) is 4.39 Å². The van der Waals surface area contributed by atoms with Crippen molar-refractivity contribution in [1.29, 1.82) is 0 Å². The van der Waals surface area contributed by atoms with Crippen molar-refractivity contribution in [3.05, 3.63) is 35.6 Å². The summed E-state index contributed by atoms with van der Waals surface area (Å²) in [7, 11) is 1.40. The molecule has 2 rings (SSSR count). The molecule has 1 aromatic carbocycles. The molecule has 92 valence electrons. The largest absolute Gasteiger partial charge is 0.469 e. The van der Waals surface area contributed by atoms with E-state index in [1.54, 1.807) is 6.07 Å². The van der Waals surface area contributed by atoms with E-state index in [9.17, 15) is 9.18 Å². The van der Waals surface area contributed by atoms with Crippen molar-refractivity contribution in [2.45, 2.75) is 12.3 Å². The van der Waals surface area contributed by atoms with E-state index in [2.05, 4.69) is 5.32 Å². The van der Waals surface area contributed by atoms with Gasteiger partial charge >= 0.3 is 5.97 Å². The SMILES string of the molecule is COC(=O)[C@@H]1CCNC[C@H]1c1cccc(F)c1. The predicted octanol–water partition coefficient (Wildman–Crippen LogP) is 1.69. The molecule has 0 unspecified atom stereocenters. The van der Waals surface area contributed by atoms with E-state index in [4.69, 9.17) is 4.74 Å². The van der Waals surface area contributed by atoms with Crippen LogP contribution in [-0.2, 0) is 9.53 Å². The van der Waals surface area contributed by atoms with Crippen LogP contribution in [-0.4, -0.2) is 26.2 Å². The summed E-state index contributed by atoms with van der Waals surface area (Å²) in [6.45, 7) is 1.48.